The molecular weight excluding hydrogens is 322 g/mol. The van der Waals surface area contributed by atoms with Crippen molar-refractivity contribution in [2.45, 2.75) is 6.29 Å². The van der Waals surface area contributed by atoms with Crippen molar-refractivity contribution in [1.29, 1.82) is 0 Å². The van der Waals surface area contributed by atoms with Crippen molar-refractivity contribution in [2.75, 3.05) is 22.2 Å². The highest BCUT2D eigenvalue weighted by Gasteiger charge is 2.38. The summed E-state index contributed by atoms with van der Waals surface area (Å²) in [6, 6.07) is 25.3. The van der Waals surface area contributed by atoms with Crippen LogP contribution in [0.2, 0.25) is 0 Å². The number of aromatic nitrogens is 2. The van der Waals surface area contributed by atoms with Crippen LogP contribution in [0.25, 0.3) is 16.7 Å². The number of nitrogens with one attached hydrogen (secondary N) is 1. The maximum absolute atomic E-state index is 4.94. The molecule has 0 amide bonds. The van der Waals surface area contributed by atoms with Crippen LogP contribution in [-0.2, 0) is 0 Å². The van der Waals surface area contributed by atoms with Gasteiger partial charge in [0, 0.05) is 7.05 Å². The van der Waals surface area contributed by atoms with E-state index in [1.165, 1.54) is 11.4 Å². The molecule has 0 bridgehead atoms. The number of benzene rings is 3. The number of para-hydroxylation sites is 6. The molecule has 0 spiro atoms. The maximum Gasteiger partial charge on any atom is 0.214 e. The van der Waals surface area contributed by atoms with Crippen LogP contribution in [0.15, 0.2) is 72.8 Å². The van der Waals surface area contributed by atoms with E-state index in [9.17, 15) is 0 Å². The number of hydrogen-bond donors (Lipinski definition) is 1. The Kier molecular flexibility index (Phi) is 2.54. The van der Waals surface area contributed by atoms with E-state index >= 15 is 0 Å². The number of anilines is 4. The average molecular weight is 339 g/mol. The molecule has 5 nitrogen and oxygen atoms in total. The summed E-state index contributed by atoms with van der Waals surface area (Å²) in [7, 11) is 2.10. The Hall–Kier alpha value is -3.47. The van der Waals surface area contributed by atoms with Gasteiger partial charge in [0.1, 0.15) is 0 Å². The molecule has 0 aliphatic carbocycles. The highest BCUT2D eigenvalue weighted by Crippen LogP contribution is 2.46. The second kappa shape index (κ2) is 4.79. The van der Waals surface area contributed by atoms with Crippen molar-refractivity contribution in [3.05, 3.63) is 72.8 Å². The van der Waals surface area contributed by atoms with E-state index < -0.39 is 0 Å². The average Bonchev–Trinajstić information content (AvgIpc) is 3.23. The van der Waals surface area contributed by atoms with Gasteiger partial charge in [-0.2, -0.15) is 0 Å². The first-order chi connectivity index (χ1) is 12.8. The van der Waals surface area contributed by atoms with E-state index in [0.717, 1.165) is 28.4 Å². The molecule has 6 rings (SSSR count). The minimum atomic E-state index is -0.0217. The first-order valence-electron chi connectivity index (χ1n) is 8.77. The molecular formula is C21H17N5. The molecule has 26 heavy (non-hydrogen) atoms. The molecule has 1 unspecified atom stereocenters. The number of nitrogens with zero attached hydrogens (tertiary/aromatic N) is 4. The third-order valence-corrected chi connectivity index (χ3v) is 5.30. The molecule has 5 heteroatoms. The summed E-state index contributed by atoms with van der Waals surface area (Å²) in [6.45, 7) is 0. The zero-order valence-electron chi connectivity index (χ0n) is 14.3. The van der Waals surface area contributed by atoms with Gasteiger partial charge in [0.05, 0.1) is 33.8 Å². The number of rotatable bonds is 0. The van der Waals surface area contributed by atoms with E-state index in [-0.39, 0.29) is 6.29 Å². The molecule has 1 atom stereocenters. The highest BCUT2D eigenvalue weighted by molar-refractivity contribution is 5.91. The molecule has 126 valence electrons. The van der Waals surface area contributed by atoms with Crippen LogP contribution < -0.4 is 15.1 Å². The number of hydrogen-bond acceptors (Lipinski definition) is 4. The lowest BCUT2D eigenvalue weighted by Gasteiger charge is -2.31. The minimum Gasteiger partial charge on any atom is -0.346 e. The summed E-state index contributed by atoms with van der Waals surface area (Å²) < 4.78 is 2.26. The van der Waals surface area contributed by atoms with Crippen LogP contribution in [0, 0.1) is 0 Å². The van der Waals surface area contributed by atoms with Gasteiger partial charge in [-0.15, -0.1) is 0 Å². The monoisotopic (exact) mass is 339 g/mol. The van der Waals surface area contributed by atoms with Gasteiger partial charge < -0.3 is 10.2 Å². The molecule has 2 aliphatic heterocycles. The van der Waals surface area contributed by atoms with Crippen LogP contribution in [0.4, 0.5) is 23.0 Å². The molecule has 4 aromatic rings. The van der Waals surface area contributed by atoms with E-state index in [4.69, 9.17) is 4.98 Å². The number of fused-ring (bicyclic) bond motifs is 9. The Morgan fingerprint density at radius 2 is 1.50 bits per heavy atom. The van der Waals surface area contributed by atoms with Crippen molar-refractivity contribution >= 4 is 34.0 Å². The van der Waals surface area contributed by atoms with Crippen molar-refractivity contribution in [1.82, 2.24) is 9.55 Å². The van der Waals surface area contributed by atoms with Gasteiger partial charge in [-0.05, 0) is 36.4 Å². The third kappa shape index (κ3) is 1.62. The van der Waals surface area contributed by atoms with Crippen molar-refractivity contribution < 1.29 is 0 Å². The molecule has 0 saturated heterocycles. The molecule has 2 aliphatic rings. The van der Waals surface area contributed by atoms with Crippen LogP contribution >= 0.6 is 0 Å². The lowest BCUT2D eigenvalue weighted by atomic mass is 10.2. The predicted molar refractivity (Wildman–Crippen MR) is 105 cm³/mol. The first-order valence-corrected chi connectivity index (χ1v) is 8.77. The molecule has 3 aromatic carbocycles. The lowest BCUT2D eigenvalue weighted by Crippen LogP contribution is -2.46. The van der Waals surface area contributed by atoms with Crippen LogP contribution in [0.5, 0.6) is 0 Å². The molecule has 1 aromatic heterocycles. The summed E-state index contributed by atoms with van der Waals surface area (Å²) in [5.41, 5.74) is 6.77. The SMILES string of the molecule is CN1c2nc3ccccc3n2-c2ccccc2N2c3ccccc3NC12. The second-order valence-electron chi connectivity index (χ2n) is 6.74. The minimum absolute atomic E-state index is 0.0217. The molecule has 1 N–H and O–H groups in total. The van der Waals surface area contributed by atoms with E-state index in [1.807, 2.05) is 6.07 Å². The smallest absolute Gasteiger partial charge is 0.214 e. The Balaban J connectivity index is 1.72. The van der Waals surface area contributed by atoms with E-state index in [2.05, 4.69) is 93.5 Å². The van der Waals surface area contributed by atoms with Gasteiger partial charge in [-0.25, -0.2) is 4.98 Å². The second-order valence-corrected chi connectivity index (χ2v) is 6.74. The molecule has 0 fully saturated rings. The highest BCUT2D eigenvalue weighted by atomic mass is 15.5. The fourth-order valence-corrected chi connectivity index (χ4v) is 4.13. The normalized spacial score (nSPS) is 17.2. The summed E-state index contributed by atoms with van der Waals surface area (Å²) in [5.74, 6) is 0.937. The van der Waals surface area contributed by atoms with Crippen molar-refractivity contribution in [2.24, 2.45) is 0 Å². The molecule has 3 heterocycles. The Labute approximate surface area is 151 Å². The van der Waals surface area contributed by atoms with Gasteiger partial charge >= 0.3 is 0 Å². The summed E-state index contributed by atoms with van der Waals surface area (Å²) in [5, 5.41) is 3.65. The topological polar surface area (TPSA) is 36.3 Å². The quantitative estimate of drug-likeness (QED) is 0.517. The standard InChI is InChI=1S/C21H17N5/c1-24-20-22-14-8-2-4-10-16(14)25(20)18-12-6-7-13-19(18)26-17-11-5-3-9-15(17)23-21(24)26/h2-13,20,22H,1H3. The van der Waals surface area contributed by atoms with Gasteiger partial charge in [0.15, 0.2) is 6.29 Å². The first kappa shape index (κ1) is 13.8. The van der Waals surface area contributed by atoms with Crippen molar-refractivity contribution in [3.8, 4) is 5.69 Å². The van der Waals surface area contributed by atoms with E-state index in [1.54, 1.807) is 0 Å². The lowest BCUT2D eigenvalue weighted by molar-refractivity contribution is 0.723. The fraction of sp³-hybridized carbons (Fsp3) is 0.0952. The van der Waals surface area contributed by atoms with Gasteiger partial charge in [-0.1, -0.05) is 36.4 Å². The van der Waals surface area contributed by atoms with E-state index in [0.29, 0.717) is 0 Å². The zero-order valence-corrected chi connectivity index (χ0v) is 14.3. The zero-order chi connectivity index (χ0) is 17.3. The summed E-state index contributed by atoms with van der Waals surface area (Å²) >= 11 is 0. The Morgan fingerprint density at radius 3 is 2.38 bits per heavy atom. The fourth-order valence-electron chi connectivity index (χ4n) is 4.13. The maximum atomic E-state index is 4.94. The van der Waals surface area contributed by atoms with Gasteiger partial charge in [0.2, 0.25) is 5.95 Å². The molecule has 0 saturated carbocycles. The Bertz CT molecular complexity index is 1160. The molecule has 0 radical (unpaired) electrons. The van der Waals surface area contributed by atoms with Crippen LogP contribution in [-0.4, -0.2) is 22.9 Å². The number of imidazole rings is 1. The summed E-state index contributed by atoms with van der Waals surface area (Å²) in [4.78, 5) is 9.50. The Morgan fingerprint density at radius 1 is 0.808 bits per heavy atom. The summed E-state index contributed by atoms with van der Waals surface area (Å²) in [6.07, 6.45) is -0.0217. The predicted octanol–water partition coefficient (Wildman–Crippen LogP) is 4.32. The van der Waals surface area contributed by atoms with Crippen LogP contribution in [0.1, 0.15) is 0 Å². The van der Waals surface area contributed by atoms with Crippen LogP contribution in [0.3, 0.4) is 0 Å². The van der Waals surface area contributed by atoms with Gasteiger partial charge in [-0.3, -0.25) is 9.47 Å². The van der Waals surface area contributed by atoms with Crippen molar-refractivity contribution in [3.63, 3.8) is 0 Å². The van der Waals surface area contributed by atoms with Gasteiger partial charge in [0.25, 0.3) is 0 Å². The third-order valence-electron chi connectivity index (χ3n) is 5.30. The largest absolute Gasteiger partial charge is 0.346 e.